The van der Waals surface area contributed by atoms with E-state index in [1.807, 2.05) is 29.2 Å². The van der Waals surface area contributed by atoms with Gasteiger partial charge < -0.3 is 9.64 Å². The number of benzene rings is 2. The van der Waals surface area contributed by atoms with Crippen molar-refractivity contribution < 1.29 is 9.13 Å². The minimum Gasteiger partial charge on any atom is -0.497 e. The first-order valence-electron chi connectivity index (χ1n) is 7.51. The van der Waals surface area contributed by atoms with Gasteiger partial charge in [-0.25, -0.2) is 9.37 Å². The molecule has 0 saturated heterocycles. The van der Waals surface area contributed by atoms with Crippen LogP contribution in [0.2, 0.25) is 0 Å². The number of aromatic nitrogens is 1. The lowest BCUT2D eigenvalue weighted by atomic mass is 10.1. The Labute approximate surface area is 143 Å². The van der Waals surface area contributed by atoms with Gasteiger partial charge in [0.15, 0.2) is 5.13 Å². The molecule has 0 radical (unpaired) electrons. The maximum absolute atomic E-state index is 13.8. The van der Waals surface area contributed by atoms with Crippen molar-refractivity contribution in [2.24, 2.45) is 0 Å². The molecule has 4 nitrogen and oxygen atoms in total. The third-order valence-electron chi connectivity index (χ3n) is 3.72. The number of methoxy groups -OCH3 is 1. The van der Waals surface area contributed by atoms with Crippen LogP contribution >= 0.6 is 11.3 Å². The Balaban J connectivity index is 1.78. The second-order valence-electron chi connectivity index (χ2n) is 5.26. The summed E-state index contributed by atoms with van der Waals surface area (Å²) >= 11 is 1.28. The van der Waals surface area contributed by atoms with Crippen molar-refractivity contribution >= 4 is 26.7 Å². The Kier molecular flexibility index (Phi) is 4.92. The molecule has 122 valence electrons. The summed E-state index contributed by atoms with van der Waals surface area (Å²) in [6.07, 6.45) is 0.768. The predicted octanol–water partition coefficient (Wildman–Crippen LogP) is 4.02. The number of thiazole rings is 1. The van der Waals surface area contributed by atoms with Crippen molar-refractivity contribution in [3.05, 3.63) is 53.8 Å². The van der Waals surface area contributed by atoms with Crippen molar-refractivity contribution in [2.45, 2.75) is 6.42 Å². The summed E-state index contributed by atoms with van der Waals surface area (Å²) < 4.78 is 19.5. The topological polar surface area (TPSA) is 49.1 Å². The first-order chi connectivity index (χ1) is 11.7. The number of nitrogens with zero attached hydrogens (tertiary/aromatic N) is 3. The van der Waals surface area contributed by atoms with Crippen LogP contribution in [0.3, 0.4) is 0 Å². The Morgan fingerprint density at radius 1 is 1.25 bits per heavy atom. The van der Waals surface area contributed by atoms with Gasteiger partial charge in [0, 0.05) is 6.54 Å². The van der Waals surface area contributed by atoms with E-state index in [2.05, 4.69) is 11.1 Å². The fraction of sp³-hybridized carbons (Fsp3) is 0.222. The highest BCUT2D eigenvalue weighted by Gasteiger charge is 2.14. The summed E-state index contributed by atoms with van der Waals surface area (Å²) in [5, 5.41) is 9.76. The van der Waals surface area contributed by atoms with E-state index in [1.165, 1.54) is 17.4 Å². The number of hydrogen-bond donors (Lipinski definition) is 0. The molecule has 3 aromatic rings. The number of nitriles is 1. The Hall–Kier alpha value is -2.65. The number of ether oxygens (including phenoxy) is 1. The molecule has 0 aliphatic rings. The molecular formula is C18H16FN3OS. The lowest BCUT2D eigenvalue weighted by molar-refractivity contribution is 0.414. The standard InChI is InChI=1S/C18H16FN3OS/c1-23-14-7-5-13(6-8-14)9-11-22(12-10-20)18-21-16-4-2-3-15(19)17(16)24-18/h2-8H,9,11-12H2,1H3. The molecular weight excluding hydrogens is 325 g/mol. The number of hydrogen-bond acceptors (Lipinski definition) is 5. The van der Waals surface area contributed by atoms with E-state index >= 15 is 0 Å². The smallest absolute Gasteiger partial charge is 0.187 e. The third kappa shape index (κ3) is 3.47. The van der Waals surface area contributed by atoms with Crippen LogP contribution in [-0.4, -0.2) is 25.2 Å². The molecule has 1 aromatic heterocycles. The summed E-state index contributed by atoms with van der Waals surface area (Å²) in [5.41, 5.74) is 1.77. The molecule has 0 saturated carbocycles. The first kappa shape index (κ1) is 16.2. The summed E-state index contributed by atoms with van der Waals surface area (Å²) in [6.45, 7) is 0.860. The third-order valence-corrected chi connectivity index (χ3v) is 4.86. The number of rotatable bonds is 6. The fourth-order valence-corrected chi connectivity index (χ4v) is 3.42. The van der Waals surface area contributed by atoms with Gasteiger partial charge in [0.05, 0.1) is 23.4 Å². The van der Waals surface area contributed by atoms with Crippen LogP contribution in [0.5, 0.6) is 5.75 Å². The Morgan fingerprint density at radius 3 is 2.71 bits per heavy atom. The minimum atomic E-state index is -0.275. The maximum atomic E-state index is 13.8. The lowest BCUT2D eigenvalue weighted by Crippen LogP contribution is -2.26. The van der Waals surface area contributed by atoms with E-state index in [-0.39, 0.29) is 12.4 Å². The fourth-order valence-electron chi connectivity index (χ4n) is 2.42. The van der Waals surface area contributed by atoms with Crippen LogP contribution in [0.4, 0.5) is 9.52 Å². The van der Waals surface area contributed by atoms with Crippen molar-refractivity contribution in [2.75, 3.05) is 25.1 Å². The van der Waals surface area contributed by atoms with Gasteiger partial charge >= 0.3 is 0 Å². The zero-order chi connectivity index (χ0) is 16.9. The normalized spacial score (nSPS) is 10.5. The minimum absolute atomic E-state index is 0.220. The van der Waals surface area contributed by atoms with Crippen molar-refractivity contribution in [1.82, 2.24) is 4.98 Å². The summed E-state index contributed by atoms with van der Waals surface area (Å²) in [5.74, 6) is 0.539. The van der Waals surface area contributed by atoms with Crippen molar-refractivity contribution in [1.29, 1.82) is 5.26 Å². The van der Waals surface area contributed by atoms with Gasteiger partial charge in [-0.2, -0.15) is 5.26 Å². The van der Waals surface area contributed by atoms with Crippen LogP contribution in [0.25, 0.3) is 10.2 Å². The number of anilines is 1. The van der Waals surface area contributed by atoms with Gasteiger partial charge in [-0.3, -0.25) is 0 Å². The van der Waals surface area contributed by atoms with Crippen molar-refractivity contribution in [3.8, 4) is 11.8 Å². The van der Waals surface area contributed by atoms with Crippen LogP contribution in [-0.2, 0) is 6.42 Å². The molecule has 0 amide bonds. The molecule has 0 N–H and O–H groups in total. The summed E-state index contributed by atoms with van der Waals surface area (Å²) in [4.78, 5) is 6.35. The molecule has 2 aromatic carbocycles. The number of halogens is 1. The second-order valence-corrected chi connectivity index (χ2v) is 6.24. The Morgan fingerprint density at radius 2 is 2.04 bits per heavy atom. The monoisotopic (exact) mass is 341 g/mol. The van der Waals surface area contributed by atoms with Gasteiger partial charge in [0.1, 0.15) is 18.1 Å². The molecule has 24 heavy (non-hydrogen) atoms. The van der Waals surface area contributed by atoms with Gasteiger partial charge in [0.2, 0.25) is 0 Å². The van der Waals surface area contributed by atoms with E-state index in [1.54, 1.807) is 19.2 Å². The molecule has 0 fully saturated rings. The van der Waals surface area contributed by atoms with E-state index < -0.39 is 0 Å². The predicted molar refractivity (Wildman–Crippen MR) is 94.1 cm³/mol. The molecule has 1 heterocycles. The largest absolute Gasteiger partial charge is 0.497 e. The maximum Gasteiger partial charge on any atom is 0.187 e. The molecule has 0 unspecified atom stereocenters. The number of fused-ring (bicyclic) bond motifs is 1. The van der Waals surface area contributed by atoms with E-state index in [9.17, 15) is 4.39 Å². The van der Waals surface area contributed by atoms with Gasteiger partial charge in [-0.05, 0) is 36.2 Å². The summed E-state index contributed by atoms with van der Waals surface area (Å²) in [6, 6.07) is 14.8. The first-order valence-corrected chi connectivity index (χ1v) is 8.33. The Bertz CT molecular complexity index is 870. The highest BCUT2D eigenvalue weighted by molar-refractivity contribution is 7.22. The second kappa shape index (κ2) is 7.28. The zero-order valence-corrected chi connectivity index (χ0v) is 14.0. The SMILES string of the molecule is COc1ccc(CCN(CC#N)c2nc3cccc(F)c3s2)cc1. The van der Waals surface area contributed by atoms with Gasteiger partial charge in [0.25, 0.3) is 0 Å². The van der Waals surface area contributed by atoms with Crippen LogP contribution in [0.1, 0.15) is 5.56 Å². The zero-order valence-electron chi connectivity index (χ0n) is 13.2. The average molecular weight is 341 g/mol. The van der Waals surface area contributed by atoms with Crippen LogP contribution < -0.4 is 9.64 Å². The molecule has 3 rings (SSSR count). The van der Waals surface area contributed by atoms with E-state index in [0.717, 1.165) is 17.7 Å². The van der Waals surface area contributed by atoms with Crippen LogP contribution in [0, 0.1) is 17.1 Å². The highest BCUT2D eigenvalue weighted by atomic mass is 32.1. The quantitative estimate of drug-likeness (QED) is 0.636. The summed E-state index contributed by atoms with van der Waals surface area (Å²) in [7, 11) is 1.63. The molecule has 0 atom stereocenters. The molecule has 0 bridgehead atoms. The van der Waals surface area contributed by atoms with Crippen LogP contribution in [0.15, 0.2) is 42.5 Å². The highest BCUT2D eigenvalue weighted by Crippen LogP contribution is 2.30. The molecule has 0 aliphatic carbocycles. The average Bonchev–Trinajstić information content (AvgIpc) is 3.04. The van der Waals surface area contributed by atoms with Crippen molar-refractivity contribution in [3.63, 3.8) is 0 Å². The van der Waals surface area contributed by atoms with Gasteiger partial charge in [-0.15, -0.1) is 0 Å². The lowest BCUT2D eigenvalue weighted by Gasteiger charge is -2.18. The molecule has 0 aliphatic heterocycles. The molecule has 6 heteroatoms. The van der Waals surface area contributed by atoms with E-state index in [0.29, 0.717) is 21.9 Å². The molecule has 0 spiro atoms. The van der Waals surface area contributed by atoms with E-state index in [4.69, 9.17) is 10.00 Å². The van der Waals surface area contributed by atoms with Gasteiger partial charge in [-0.1, -0.05) is 29.5 Å².